The van der Waals surface area contributed by atoms with Crippen molar-refractivity contribution in [3.63, 3.8) is 0 Å². The van der Waals surface area contributed by atoms with Crippen molar-refractivity contribution in [2.45, 2.75) is 50.4 Å². The van der Waals surface area contributed by atoms with Crippen LogP contribution < -0.4 is 0 Å². The molecule has 0 bridgehead atoms. The van der Waals surface area contributed by atoms with Crippen LogP contribution in [0.2, 0.25) is 0 Å². The van der Waals surface area contributed by atoms with Crippen molar-refractivity contribution in [2.24, 2.45) is 0 Å². The molecule has 0 saturated heterocycles. The van der Waals surface area contributed by atoms with Crippen molar-refractivity contribution in [3.05, 3.63) is 71.8 Å². The molecule has 0 fully saturated rings. The van der Waals surface area contributed by atoms with E-state index in [0.29, 0.717) is 30.4 Å². The molecule has 0 aromatic heterocycles. The third-order valence-electron chi connectivity index (χ3n) is 5.00. The Kier molecular flexibility index (Phi) is 10.0. The van der Waals surface area contributed by atoms with Gasteiger partial charge in [-0.3, -0.25) is 4.79 Å². The molecule has 2 aromatic rings. The van der Waals surface area contributed by atoms with Gasteiger partial charge < -0.3 is 5.11 Å². The van der Waals surface area contributed by atoms with Gasteiger partial charge in [0.15, 0.2) is 0 Å². The topological polar surface area (TPSA) is 37.3 Å². The van der Waals surface area contributed by atoms with Crippen LogP contribution in [0.3, 0.4) is 0 Å². The molecule has 33 heavy (non-hydrogen) atoms. The Morgan fingerprint density at radius 2 is 1.18 bits per heavy atom. The van der Waals surface area contributed by atoms with Crippen LogP contribution in [0.4, 0.5) is 0 Å². The fourth-order valence-corrected chi connectivity index (χ4v) is 6.33. The van der Waals surface area contributed by atoms with Crippen LogP contribution in [0.1, 0.15) is 43.2 Å². The Balaban J connectivity index is 2.23. The fourth-order valence-electron chi connectivity index (χ4n) is 3.55. The van der Waals surface area contributed by atoms with Crippen LogP contribution in [0.25, 0.3) is 0 Å². The molecule has 1 N–H and O–H groups in total. The highest BCUT2D eigenvalue weighted by atomic mass is 32.2. The van der Waals surface area contributed by atoms with Crippen LogP contribution in [0, 0.1) is 0 Å². The molecule has 0 amide bonds. The zero-order valence-electron chi connectivity index (χ0n) is 18.5. The summed E-state index contributed by atoms with van der Waals surface area (Å²) < 4.78 is -5.20. The highest BCUT2D eigenvalue weighted by molar-refractivity contribution is 8.06. The summed E-state index contributed by atoms with van der Waals surface area (Å²) in [5.41, 5.74) is 1.34. The maximum absolute atomic E-state index is 10.9. The third-order valence-corrected chi connectivity index (χ3v) is 7.42. The van der Waals surface area contributed by atoms with Crippen LogP contribution in [0.5, 0.6) is 0 Å². The minimum Gasteiger partial charge on any atom is -0.481 e. The molecule has 11 heteroatoms. The summed E-state index contributed by atoms with van der Waals surface area (Å²) in [6.07, 6.45) is 1.45. The Morgan fingerprint density at radius 1 is 0.727 bits per heavy atom. The van der Waals surface area contributed by atoms with E-state index in [9.17, 15) is 4.79 Å². The van der Waals surface area contributed by atoms with Gasteiger partial charge in [0.05, 0.1) is 54.9 Å². The standard InChI is InChI=1S/C22H21B7O2S2/c23-19(14-8-7-13-18(30)31,32-21(26,27)16-9-3-1-4-10-16)15-20(24,25)33-22(28,29)17-11-5-2-6-12-17/h1-6,9-12H,7-8,13-15H2,(H,30,31). The van der Waals surface area contributed by atoms with E-state index in [4.69, 9.17) is 60.0 Å². The van der Waals surface area contributed by atoms with E-state index in [2.05, 4.69) is 0 Å². The number of hydrogen-bond donors (Lipinski definition) is 1. The minimum absolute atomic E-state index is 0.0314. The maximum Gasteiger partial charge on any atom is 0.303 e. The Morgan fingerprint density at radius 3 is 1.64 bits per heavy atom. The van der Waals surface area contributed by atoms with Crippen molar-refractivity contribution < 1.29 is 9.90 Å². The predicted octanol–water partition coefficient (Wildman–Crippen LogP) is 2.64. The van der Waals surface area contributed by atoms with Gasteiger partial charge in [0.25, 0.3) is 0 Å². The lowest BCUT2D eigenvalue weighted by molar-refractivity contribution is -0.137. The summed E-state index contributed by atoms with van der Waals surface area (Å²) in [5, 5.41) is 8.95. The fraction of sp³-hybridized carbons (Fsp3) is 0.409. The quantitative estimate of drug-likeness (QED) is 0.371. The molecule has 2 nitrogen and oxygen atoms in total. The summed E-state index contributed by atoms with van der Waals surface area (Å²) in [7, 11) is 45.2. The first-order valence-corrected chi connectivity index (χ1v) is 12.1. The molecule has 2 rings (SSSR count). The van der Waals surface area contributed by atoms with E-state index in [1.165, 1.54) is 0 Å². The second-order valence-electron chi connectivity index (χ2n) is 8.32. The number of hydrogen-bond acceptors (Lipinski definition) is 3. The van der Waals surface area contributed by atoms with Gasteiger partial charge in [-0.1, -0.05) is 71.6 Å². The maximum atomic E-state index is 10.9. The SMILES string of the molecule is [B]C([B])(CC([B])(CCCCC(=O)O)SC([B])([B])c1ccccc1)SC([B])([B])c1ccccc1. The molecular weight excluding hydrogens is 436 g/mol. The average molecular weight is 457 g/mol. The van der Waals surface area contributed by atoms with Gasteiger partial charge in [-0.15, -0.1) is 0 Å². The van der Waals surface area contributed by atoms with E-state index < -0.39 is 24.3 Å². The van der Waals surface area contributed by atoms with Crippen molar-refractivity contribution >= 4 is 84.4 Å². The molecule has 0 aliphatic heterocycles. The van der Waals surface area contributed by atoms with Gasteiger partial charge in [-0.25, -0.2) is 0 Å². The van der Waals surface area contributed by atoms with Crippen molar-refractivity contribution in [1.82, 2.24) is 0 Å². The second kappa shape index (κ2) is 11.7. The van der Waals surface area contributed by atoms with Crippen molar-refractivity contribution in [3.8, 4) is 0 Å². The molecule has 0 saturated carbocycles. The molecule has 154 valence electrons. The smallest absolute Gasteiger partial charge is 0.303 e. The summed E-state index contributed by atoms with van der Waals surface area (Å²) >= 11 is 2.13. The van der Waals surface area contributed by atoms with Crippen LogP contribution >= 0.6 is 23.5 Å². The first kappa shape index (κ1) is 28.3. The lowest BCUT2D eigenvalue weighted by Gasteiger charge is -2.46. The highest BCUT2D eigenvalue weighted by Crippen LogP contribution is 2.48. The van der Waals surface area contributed by atoms with Gasteiger partial charge in [0.2, 0.25) is 0 Å². The summed E-state index contributed by atoms with van der Waals surface area (Å²) in [5.74, 6) is -0.872. The number of aliphatic carboxylic acids is 1. The second-order valence-corrected chi connectivity index (χ2v) is 11.7. The Labute approximate surface area is 215 Å². The van der Waals surface area contributed by atoms with Gasteiger partial charge in [0, 0.05) is 6.42 Å². The average Bonchev–Trinajstić information content (AvgIpc) is 2.71. The molecular formula is C22H21B7O2S2. The first-order valence-electron chi connectivity index (χ1n) is 10.5. The van der Waals surface area contributed by atoms with Crippen LogP contribution in [-0.4, -0.2) is 75.2 Å². The summed E-state index contributed by atoms with van der Waals surface area (Å²) in [4.78, 5) is 10.9. The van der Waals surface area contributed by atoms with E-state index in [-0.39, 0.29) is 12.8 Å². The zero-order chi connectivity index (χ0) is 24.8. The third kappa shape index (κ3) is 9.32. The number of unbranched alkanes of at least 4 members (excludes halogenated alkanes) is 1. The van der Waals surface area contributed by atoms with Crippen LogP contribution in [-0.2, 0) is 13.9 Å². The number of rotatable bonds is 13. The molecule has 1 atom stereocenters. The molecule has 0 spiro atoms. The summed E-state index contributed by atoms with van der Waals surface area (Å²) in [6, 6.07) is 18.2. The lowest BCUT2D eigenvalue weighted by atomic mass is 9.60. The number of carboxylic acids is 1. The Hall–Kier alpha value is -0.935. The van der Waals surface area contributed by atoms with E-state index in [1.807, 2.05) is 48.5 Å². The van der Waals surface area contributed by atoms with Crippen molar-refractivity contribution in [1.29, 1.82) is 0 Å². The normalized spacial score (nSPS) is 14.4. The number of carboxylic acid groups (broad SMARTS) is 1. The molecule has 0 heterocycles. The predicted molar refractivity (Wildman–Crippen MR) is 148 cm³/mol. The molecule has 14 radical (unpaired) electrons. The van der Waals surface area contributed by atoms with E-state index >= 15 is 0 Å². The number of carbonyl (C=O) groups is 1. The van der Waals surface area contributed by atoms with Gasteiger partial charge >= 0.3 is 5.97 Å². The van der Waals surface area contributed by atoms with E-state index in [1.54, 1.807) is 12.1 Å². The zero-order valence-corrected chi connectivity index (χ0v) is 20.2. The van der Waals surface area contributed by atoms with Gasteiger partial charge in [0.1, 0.15) is 0 Å². The Bertz CT molecular complexity index is 898. The van der Waals surface area contributed by atoms with Crippen LogP contribution in [0.15, 0.2) is 60.7 Å². The number of benzene rings is 2. The monoisotopic (exact) mass is 458 g/mol. The first-order chi connectivity index (χ1) is 15.2. The van der Waals surface area contributed by atoms with Crippen molar-refractivity contribution in [2.75, 3.05) is 0 Å². The molecule has 0 aliphatic carbocycles. The molecule has 0 aliphatic rings. The van der Waals surface area contributed by atoms with Gasteiger partial charge in [-0.2, -0.15) is 23.5 Å². The van der Waals surface area contributed by atoms with Gasteiger partial charge in [-0.05, 0) is 44.1 Å². The minimum atomic E-state index is -1.43. The number of thioether (sulfide) groups is 2. The molecule has 1 unspecified atom stereocenters. The molecule has 2 aromatic carbocycles. The lowest BCUT2D eigenvalue weighted by Crippen LogP contribution is -2.45. The summed E-state index contributed by atoms with van der Waals surface area (Å²) in [6.45, 7) is 0. The largest absolute Gasteiger partial charge is 0.481 e. The van der Waals surface area contributed by atoms with E-state index in [0.717, 1.165) is 23.5 Å². The highest BCUT2D eigenvalue weighted by Gasteiger charge is 2.39.